The Morgan fingerprint density at radius 2 is 1.43 bits per heavy atom. The number of hydrogen-bond donors (Lipinski definition) is 1. The van der Waals surface area contributed by atoms with Crippen molar-refractivity contribution in [3.63, 3.8) is 0 Å². The van der Waals surface area contributed by atoms with Crippen LogP contribution in [0.5, 0.6) is 0 Å². The van der Waals surface area contributed by atoms with Crippen molar-refractivity contribution < 1.29 is 18.7 Å². The van der Waals surface area contributed by atoms with Gasteiger partial charge in [0.2, 0.25) is 0 Å². The van der Waals surface area contributed by atoms with Gasteiger partial charge in [-0.1, -0.05) is 101 Å². The van der Waals surface area contributed by atoms with Crippen LogP contribution >= 0.6 is 0 Å². The molecule has 0 spiro atoms. The first-order valence-electron chi connectivity index (χ1n) is 14.8. The van der Waals surface area contributed by atoms with E-state index in [0.717, 1.165) is 53.2 Å². The Bertz CT molecular complexity index is 1380. The fourth-order valence-electron chi connectivity index (χ4n) is 5.26. The number of rotatable bonds is 13. The molecule has 1 aromatic heterocycles. The van der Waals surface area contributed by atoms with E-state index >= 15 is 0 Å². The summed E-state index contributed by atoms with van der Waals surface area (Å²) in [6.45, 7) is 7.72. The Labute approximate surface area is 249 Å². The van der Waals surface area contributed by atoms with Gasteiger partial charge >= 0.3 is 0 Å². The molecular formula is C36H43FN2O3. The van der Waals surface area contributed by atoms with Gasteiger partial charge in [0.25, 0.3) is 12.4 Å². The van der Waals surface area contributed by atoms with Gasteiger partial charge in [-0.25, -0.2) is 4.39 Å². The van der Waals surface area contributed by atoms with Crippen LogP contribution in [-0.2, 0) is 16.1 Å². The average molecular weight is 571 g/mol. The minimum atomic E-state index is -0.268. The fourth-order valence-corrected chi connectivity index (χ4v) is 5.26. The number of halogens is 1. The Kier molecular flexibility index (Phi) is 13.0. The molecule has 0 saturated carbocycles. The first-order chi connectivity index (χ1) is 20.4. The van der Waals surface area contributed by atoms with Crippen molar-refractivity contribution in [3.05, 3.63) is 102 Å². The zero-order valence-electron chi connectivity index (χ0n) is 25.2. The number of benzene rings is 3. The van der Waals surface area contributed by atoms with Crippen molar-refractivity contribution in [2.45, 2.75) is 71.8 Å². The maximum absolute atomic E-state index is 14.0. The predicted molar refractivity (Wildman–Crippen MR) is 170 cm³/mol. The van der Waals surface area contributed by atoms with Crippen LogP contribution in [-0.4, -0.2) is 24.1 Å². The Hall–Kier alpha value is -4.19. The molecule has 1 heterocycles. The third kappa shape index (κ3) is 8.65. The minimum absolute atomic E-state index is 0.114. The van der Waals surface area contributed by atoms with E-state index in [1.807, 2.05) is 60.7 Å². The quantitative estimate of drug-likeness (QED) is 0.129. The van der Waals surface area contributed by atoms with Crippen LogP contribution < -0.4 is 5.32 Å². The molecule has 0 saturated heterocycles. The molecule has 0 fully saturated rings. The number of hydrogen-bond acceptors (Lipinski definition) is 3. The second-order valence-corrected chi connectivity index (χ2v) is 10.6. The second kappa shape index (κ2) is 16.9. The zero-order chi connectivity index (χ0) is 30.3. The molecule has 0 aliphatic carbocycles. The summed E-state index contributed by atoms with van der Waals surface area (Å²) in [7, 11) is 1.31. The van der Waals surface area contributed by atoms with E-state index in [-0.39, 0.29) is 17.6 Å². The third-order valence-electron chi connectivity index (χ3n) is 7.12. The number of anilines is 1. The van der Waals surface area contributed by atoms with E-state index in [4.69, 9.17) is 4.79 Å². The van der Waals surface area contributed by atoms with Gasteiger partial charge in [0, 0.05) is 23.5 Å². The van der Waals surface area contributed by atoms with Gasteiger partial charge < -0.3 is 14.6 Å². The molecule has 5 nitrogen and oxygen atoms in total. The van der Waals surface area contributed by atoms with Gasteiger partial charge in [0.15, 0.2) is 0 Å². The molecule has 222 valence electrons. The topological polar surface area (TPSA) is 60.3 Å². The predicted octanol–water partition coefficient (Wildman–Crippen LogP) is 9.49. The standard InChI is InChI=1S/C34H39FN2O.C2H4O2/c1-4-5-6-7-8-15-24-37-32(25(2)3)31(34(38)36-29-18-13-10-14-19-29)30(26-16-11-9-12-17-26)33(37)27-20-22-28(35)23-21-27;1-4-2-3/h9-14,16-23,25H,4-8,15,24H2,1-3H3,(H,36,38);2H,1H3. The number of carbonyl (C=O) groups excluding carboxylic acids is 2. The van der Waals surface area contributed by atoms with E-state index in [0.29, 0.717) is 12.0 Å². The summed E-state index contributed by atoms with van der Waals surface area (Å²) in [5.41, 5.74) is 6.25. The molecule has 0 aliphatic rings. The van der Waals surface area contributed by atoms with Crippen molar-refractivity contribution in [1.82, 2.24) is 4.57 Å². The lowest BCUT2D eigenvalue weighted by Crippen LogP contribution is -2.16. The van der Waals surface area contributed by atoms with Crippen molar-refractivity contribution in [2.24, 2.45) is 0 Å². The summed E-state index contributed by atoms with van der Waals surface area (Å²) in [4.78, 5) is 23.0. The Morgan fingerprint density at radius 3 is 2.00 bits per heavy atom. The largest absolute Gasteiger partial charge is 0.471 e. The maximum Gasteiger partial charge on any atom is 0.292 e. The molecule has 3 aromatic carbocycles. The third-order valence-corrected chi connectivity index (χ3v) is 7.12. The van der Waals surface area contributed by atoms with Gasteiger partial charge in [-0.05, 0) is 59.9 Å². The van der Waals surface area contributed by atoms with Crippen LogP contribution in [0.2, 0.25) is 0 Å². The van der Waals surface area contributed by atoms with Gasteiger partial charge in [0.05, 0.1) is 18.4 Å². The number of nitrogens with one attached hydrogen (secondary N) is 1. The highest BCUT2D eigenvalue weighted by Crippen LogP contribution is 2.42. The SMILES string of the molecule is CCCCCCCCn1c(-c2ccc(F)cc2)c(-c2ccccc2)c(C(=O)Nc2ccccc2)c1C(C)C.COC=O. The van der Waals surface area contributed by atoms with E-state index in [1.165, 1.54) is 44.9 Å². The fraction of sp³-hybridized carbons (Fsp3) is 0.333. The van der Waals surface area contributed by atoms with Crippen LogP contribution in [0.3, 0.4) is 0 Å². The van der Waals surface area contributed by atoms with E-state index < -0.39 is 0 Å². The summed E-state index contributed by atoms with van der Waals surface area (Å²) >= 11 is 0. The number of ether oxygens (including phenoxy) is 1. The molecule has 0 bridgehead atoms. The second-order valence-electron chi connectivity index (χ2n) is 10.6. The monoisotopic (exact) mass is 570 g/mol. The number of amides is 1. The highest BCUT2D eigenvalue weighted by Gasteiger charge is 2.30. The Morgan fingerprint density at radius 1 is 0.857 bits per heavy atom. The van der Waals surface area contributed by atoms with Crippen LogP contribution in [0, 0.1) is 5.82 Å². The molecule has 42 heavy (non-hydrogen) atoms. The highest BCUT2D eigenvalue weighted by atomic mass is 19.1. The van der Waals surface area contributed by atoms with Crippen molar-refractivity contribution >= 4 is 18.1 Å². The van der Waals surface area contributed by atoms with Crippen molar-refractivity contribution in [2.75, 3.05) is 12.4 Å². The Balaban J connectivity index is 0.00000114. The normalized spacial score (nSPS) is 10.6. The highest BCUT2D eigenvalue weighted by molar-refractivity contribution is 6.12. The molecule has 0 aliphatic heterocycles. The van der Waals surface area contributed by atoms with Crippen LogP contribution in [0.1, 0.15) is 81.3 Å². The number of para-hydroxylation sites is 1. The molecular weight excluding hydrogens is 527 g/mol. The van der Waals surface area contributed by atoms with Crippen molar-refractivity contribution in [1.29, 1.82) is 0 Å². The van der Waals surface area contributed by atoms with E-state index in [1.54, 1.807) is 0 Å². The number of nitrogens with zero attached hydrogens (tertiary/aromatic N) is 1. The first-order valence-corrected chi connectivity index (χ1v) is 14.8. The average Bonchev–Trinajstić information content (AvgIpc) is 3.36. The number of aromatic nitrogens is 1. The van der Waals surface area contributed by atoms with Gasteiger partial charge in [0.1, 0.15) is 5.82 Å². The summed E-state index contributed by atoms with van der Waals surface area (Å²) in [6, 6.07) is 26.4. The van der Waals surface area contributed by atoms with Gasteiger partial charge in [-0.15, -0.1) is 0 Å². The lowest BCUT2D eigenvalue weighted by molar-refractivity contribution is -0.126. The van der Waals surface area contributed by atoms with E-state index in [2.05, 4.69) is 47.5 Å². The minimum Gasteiger partial charge on any atom is -0.471 e. The summed E-state index contributed by atoms with van der Waals surface area (Å²) in [6.07, 6.45) is 7.13. The number of unbranched alkanes of at least 4 members (excludes halogenated alkanes) is 5. The summed E-state index contributed by atoms with van der Waals surface area (Å²) in [5.74, 6) is -0.276. The molecule has 1 N–H and O–H groups in total. The van der Waals surface area contributed by atoms with Gasteiger partial charge in [-0.3, -0.25) is 9.59 Å². The molecule has 0 radical (unpaired) electrons. The molecule has 4 aromatic rings. The lowest BCUT2D eigenvalue weighted by Gasteiger charge is -2.17. The number of carbonyl (C=O) groups is 2. The molecule has 1 amide bonds. The molecule has 4 rings (SSSR count). The zero-order valence-corrected chi connectivity index (χ0v) is 25.2. The smallest absolute Gasteiger partial charge is 0.292 e. The van der Waals surface area contributed by atoms with Gasteiger partial charge in [-0.2, -0.15) is 0 Å². The molecule has 0 unspecified atom stereocenters. The van der Waals surface area contributed by atoms with Crippen LogP contribution in [0.25, 0.3) is 22.4 Å². The first kappa shape index (κ1) is 32.3. The maximum atomic E-state index is 14.0. The van der Waals surface area contributed by atoms with E-state index in [9.17, 15) is 9.18 Å². The van der Waals surface area contributed by atoms with Crippen LogP contribution in [0.15, 0.2) is 84.9 Å². The molecule has 0 atom stereocenters. The lowest BCUT2D eigenvalue weighted by atomic mass is 9.94. The number of methoxy groups -OCH3 is 1. The molecule has 6 heteroatoms. The van der Waals surface area contributed by atoms with Crippen molar-refractivity contribution in [3.8, 4) is 22.4 Å². The van der Waals surface area contributed by atoms with Crippen LogP contribution in [0.4, 0.5) is 10.1 Å². The summed E-state index contributed by atoms with van der Waals surface area (Å²) < 4.78 is 20.2. The summed E-state index contributed by atoms with van der Waals surface area (Å²) in [5, 5.41) is 3.14.